The van der Waals surface area contributed by atoms with Gasteiger partial charge in [0.2, 0.25) is 0 Å². The van der Waals surface area contributed by atoms with Crippen LogP contribution < -0.4 is 10.1 Å². The number of benzene rings is 2. The topological polar surface area (TPSA) is 38.3 Å². The molecule has 0 fully saturated rings. The summed E-state index contributed by atoms with van der Waals surface area (Å²) in [5.74, 6) is -0.820. The second-order valence-electron chi connectivity index (χ2n) is 4.82. The Kier molecular flexibility index (Phi) is 5.96. The van der Waals surface area contributed by atoms with Crippen LogP contribution in [0.2, 0.25) is 10.0 Å². The average molecular weight is 378 g/mol. The van der Waals surface area contributed by atoms with Gasteiger partial charge >= 0.3 is 6.18 Å². The zero-order chi connectivity index (χ0) is 17.7. The van der Waals surface area contributed by atoms with E-state index in [-0.39, 0.29) is 16.3 Å². The van der Waals surface area contributed by atoms with Gasteiger partial charge in [-0.1, -0.05) is 53.5 Å². The van der Waals surface area contributed by atoms with Crippen molar-refractivity contribution in [2.24, 2.45) is 0 Å². The van der Waals surface area contributed by atoms with Gasteiger partial charge in [0.1, 0.15) is 5.75 Å². The van der Waals surface area contributed by atoms with Crippen LogP contribution in [0.5, 0.6) is 5.75 Å². The molecular formula is C16H12Cl2F3NO2. The van der Waals surface area contributed by atoms with Crippen LogP contribution in [0, 0.1) is 0 Å². The summed E-state index contributed by atoms with van der Waals surface area (Å²) < 4.78 is 44.6. The molecule has 24 heavy (non-hydrogen) atoms. The van der Waals surface area contributed by atoms with Gasteiger partial charge in [-0.3, -0.25) is 4.79 Å². The predicted molar refractivity (Wildman–Crippen MR) is 85.3 cm³/mol. The van der Waals surface area contributed by atoms with E-state index in [1.54, 1.807) is 6.07 Å². The molecule has 128 valence electrons. The SMILES string of the molecule is O=C(COc1cc(Cl)ccc1Cl)NC(c1ccccc1)C(F)(F)F. The molecule has 0 saturated heterocycles. The van der Waals surface area contributed by atoms with Crippen LogP contribution in [0.15, 0.2) is 48.5 Å². The number of alkyl halides is 3. The summed E-state index contributed by atoms with van der Waals surface area (Å²) in [5, 5.41) is 2.44. The molecule has 1 unspecified atom stereocenters. The Morgan fingerprint density at radius 1 is 1.12 bits per heavy atom. The van der Waals surface area contributed by atoms with E-state index in [1.165, 1.54) is 42.5 Å². The van der Waals surface area contributed by atoms with E-state index < -0.39 is 24.7 Å². The molecule has 2 aromatic carbocycles. The second-order valence-corrected chi connectivity index (χ2v) is 5.66. The van der Waals surface area contributed by atoms with Crippen molar-refractivity contribution in [1.82, 2.24) is 5.32 Å². The van der Waals surface area contributed by atoms with E-state index in [1.807, 2.05) is 5.32 Å². The normalized spacial score (nSPS) is 12.5. The first-order valence-corrected chi connectivity index (χ1v) is 7.52. The van der Waals surface area contributed by atoms with Crippen molar-refractivity contribution in [3.05, 3.63) is 64.1 Å². The molecule has 0 aliphatic rings. The van der Waals surface area contributed by atoms with E-state index in [0.717, 1.165) is 0 Å². The molecule has 3 nitrogen and oxygen atoms in total. The summed E-state index contributed by atoms with van der Waals surface area (Å²) in [6, 6.07) is 9.31. The van der Waals surface area contributed by atoms with Crippen molar-refractivity contribution < 1.29 is 22.7 Å². The summed E-state index contributed by atoms with van der Waals surface area (Å²) in [6.45, 7) is -0.626. The Hall–Kier alpha value is -1.92. The van der Waals surface area contributed by atoms with Crippen molar-refractivity contribution in [3.8, 4) is 5.75 Å². The molecule has 0 heterocycles. The van der Waals surface area contributed by atoms with Gasteiger partial charge in [0, 0.05) is 11.1 Å². The molecule has 0 aromatic heterocycles. The maximum atomic E-state index is 13.2. The van der Waals surface area contributed by atoms with Crippen LogP contribution in [0.3, 0.4) is 0 Å². The number of nitrogens with one attached hydrogen (secondary N) is 1. The van der Waals surface area contributed by atoms with Gasteiger partial charge in [0.25, 0.3) is 5.91 Å². The third-order valence-electron chi connectivity index (χ3n) is 3.02. The third-order valence-corrected chi connectivity index (χ3v) is 3.56. The Balaban J connectivity index is 2.05. The van der Waals surface area contributed by atoms with Gasteiger partial charge in [-0.05, 0) is 17.7 Å². The number of rotatable bonds is 5. The lowest BCUT2D eigenvalue weighted by atomic mass is 10.1. The molecule has 0 spiro atoms. The first kappa shape index (κ1) is 18.4. The fraction of sp³-hybridized carbons (Fsp3) is 0.188. The van der Waals surface area contributed by atoms with Crippen molar-refractivity contribution in [1.29, 1.82) is 0 Å². The zero-order valence-electron chi connectivity index (χ0n) is 12.1. The lowest BCUT2D eigenvalue weighted by Gasteiger charge is -2.22. The predicted octanol–water partition coefficient (Wildman–Crippen LogP) is 4.79. The van der Waals surface area contributed by atoms with E-state index in [2.05, 4.69) is 0 Å². The Labute approximate surface area is 146 Å². The Morgan fingerprint density at radius 2 is 1.79 bits per heavy atom. The van der Waals surface area contributed by atoms with Gasteiger partial charge in [0.05, 0.1) is 5.02 Å². The number of carbonyl (C=O) groups excluding carboxylic acids is 1. The number of amides is 1. The summed E-state index contributed by atoms with van der Waals surface area (Å²) in [7, 11) is 0. The highest BCUT2D eigenvalue weighted by atomic mass is 35.5. The van der Waals surface area contributed by atoms with Gasteiger partial charge in [-0.2, -0.15) is 13.2 Å². The Bertz CT molecular complexity index is 708. The average Bonchev–Trinajstić information content (AvgIpc) is 2.53. The summed E-state index contributed by atoms with van der Waals surface area (Å²) in [6.07, 6.45) is -4.63. The molecule has 2 rings (SSSR count). The molecule has 1 atom stereocenters. The smallest absolute Gasteiger partial charge is 0.412 e. The number of carbonyl (C=O) groups is 1. The number of hydrogen-bond donors (Lipinski definition) is 1. The van der Waals surface area contributed by atoms with Crippen LogP contribution in [-0.2, 0) is 4.79 Å². The lowest BCUT2D eigenvalue weighted by molar-refractivity contribution is -0.164. The maximum Gasteiger partial charge on any atom is 0.412 e. The molecule has 0 saturated carbocycles. The first-order valence-electron chi connectivity index (χ1n) is 6.76. The molecular weight excluding hydrogens is 366 g/mol. The van der Waals surface area contributed by atoms with Crippen LogP contribution in [0.1, 0.15) is 11.6 Å². The van der Waals surface area contributed by atoms with Gasteiger partial charge in [-0.15, -0.1) is 0 Å². The highest BCUT2D eigenvalue weighted by Gasteiger charge is 2.41. The lowest BCUT2D eigenvalue weighted by Crippen LogP contribution is -2.40. The first-order chi connectivity index (χ1) is 11.3. The van der Waals surface area contributed by atoms with Crippen molar-refractivity contribution in [2.45, 2.75) is 12.2 Å². The van der Waals surface area contributed by atoms with E-state index in [4.69, 9.17) is 27.9 Å². The standard InChI is InChI=1S/C16H12Cl2F3NO2/c17-11-6-7-12(18)13(8-11)24-9-14(23)22-15(16(19,20)21)10-4-2-1-3-5-10/h1-8,15H,9H2,(H,22,23). The minimum Gasteiger partial charge on any atom is -0.482 e. The van der Waals surface area contributed by atoms with Crippen molar-refractivity contribution in [2.75, 3.05) is 6.61 Å². The maximum absolute atomic E-state index is 13.2. The van der Waals surface area contributed by atoms with Crippen molar-refractivity contribution in [3.63, 3.8) is 0 Å². The number of ether oxygens (including phenoxy) is 1. The molecule has 0 radical (unpaired) electrons. The van der Waals surface area contributed by atoms with E-state index in [0.29, 0.717) is 5.02 Å². The largest absolute Gasteiger partial charge is 0.482 e. The highest BCUT2D eigenvalue weighted by molar-refractivity contribution is 6.34. The van der Waals surface area contributed by atoms with E-state index in [9.17, 15) is 18.0 Å². The van der Waals surface area contributed by atoms with Crippen LogP contribution in [-0.4, -0.2) is 18.7 Å². The Morgan fingerprint density at radius 3 is 2.42 bits per heavy atom. The molecule has 0 aliphatic carbocycles. The monoisotopic (exact) mass is 377 g/mol. The van der Waals surface area contributed by atoms with Crippen LogP contribution in [0.4, 0.5) is 13.2 Å². The van der Waals surface area contributed by atoms with Crippen LogP contribution in [0.25, 0.3) is 0 Å². The minimum atomic E-state index is -4.63. The summed E-state index contributed by atoms with van der Waals surface area (Å²) in [4.78, 5) is 11.8. The molecule has 2 aromatic rings. The zero-order valence-corrected chi connectivity index (χ0v) is 13.6. The molecule has 0 bridgehead atoms. The van der Waals surface area contributed by atoms with Gasteiger partial charge in [0.15, 0.2) is 12.6 Å². The van der Waals surface area contributed by atoms with Gasteiger partial charge in [-0.25, -0.2) is 0 Å². The number of hydrogen-bond acceptors (Lipinski definition) is 2. The third kappa shape index (κ3) is 5.04. The molecule has 1 N–H and O–H groups in total. The summed E-state index contributed by atoms with van der Waals surface area (Å²) >= 11 is 11.6. The molecule has 1 amide bonds. The summed E-state index contributed by atoms with van der Waals surface area (Å²) in [5.41, 5.74) is -0.0702. The minimum absolute atomic E-state index is 0.0702. The van der Waals surface area contributed by atoms with E-state index >= 15 is 0 Å². The fourth-order valence-electron chi connectivity index (χ4n) is 1.93. The highest BCUT2D eigenvalue weighted by Crippen LogP contribution is 2.32. The molecule has 8 heteroatoms. The number of halogens is 5. The fourth-order valence-corrected chi connectivity index (χ4v) is 2.27. The second kappa shape index (κ2) is 7.77. The van der Waals surface area contributed by atoms with Gasteiger partial charge < -0.3 is 10.1 Å². The van der Waals surface area contributed by atoms with Crippen molar-refractivity contribution >= 4 is 29.1 Å². The quantitative estimate of drug-likeness (QED) is 0.813. The van der Waals surface area contributed by atoms with Crippen LogP contribution >= 0.6 is 23.2 Å². The molecule has 0 aliphatic heterocycles.